The molecule has 1 atom stereocenters. The van der Waals surface area contributed by atoms with Crippen LogP contribution in [-0.2, 0) is 10.3 Å². The number of hydrogen-bond acceptors (Lipinski definition) is 3. The highest BCUT2D eigenvalue weighted by atomic mass is 19.1. The highest BCUT2D eigenvalue weighted by Gasteiger charge is 2.37. The fourth-order valence-electron chi connectivity index (χ4n) is 1.78. The van der Waals surface area contributed by atoms with E-state index in [1.54, 1.807) is 18.2 Å². The lowest BCUT2D eigenvalue weighted by Gasteiger charge is -2.25. The lowest BCUT2D eigenvalue weighted by Crippen LogP contribution is -2.49. The van der Waals surface area contributed by atoms with Gasteiger partial charge in [-0.25, -0.2) is 13.6 Å². The van der Waals surface area contributed by atoms with Crippen LogP contribution < -0.4 is 10.5 Å². The van der Waals surface area contributed by atoms with Gasteiger partial charge >= 0.3 is 5.97 Å². The van der Waals surface area contributed by atoms with Crippen LogP contribution in [0.4, 0.5) is 8.78 Å². The summed E-state index contributed by atoms with van der Waals surface area (Å²) in [5.74, 6) is -3.20. The Balaban J connectivity index is 2.26. The molecular weight excluding hydrogens is 280 g/mol. The average Bonchev–Trinajstić information content (AvgIpc) is 2.48. The van der Waals surface area contributed by atoms with Crippen molar-refractivity contribution in [2.45, 2.75) is 5.54 Å². The Morgan fingerprint density at radius 1 is 1.19 bits per heavy atom. The van der Waals surface area contributed by atoms with Gasteiger partial charge in [0.2, 0.25) is 0 Å². The summed E-state index contributed by atoms with van der Waals surface area (Å²) in [7, 11) is 0. The van der Waals surface area contributed by atoms with Crippen molar-refractivity contribution in [1.82, 2.24) is 0 Å². The number of carboxylic acids is 1. The van der Waals surface area contributed by atoms with Gasteiger partial charge in [0.05, 0.1) is 0 Å². The molecule has 0 amide bonds. The topological polar surface area (TPSA) is 72.5 Å². The van der Waals surface area contributed by atoms with E-state index in [0.29, 0.717) is 5.56 Å². The number of halogens is 2. The first-order valence-corrected chi connectivity index (χ1v) is 6.09. The molecule has 0 fully saturated rings. The molecule has 110 valence electrons. The second kappa shape index (κ2) is 5.88. The molecule has 1 unspecified atom stereocenters. The summed E-state index contributed by atoms with van der Waals surface area (Å²) in [4.78, 5) is 11.4. The predicted octanol–water partition coefficient (Wildman–Crippen LogP) is 2.28. The molecule has 4 nitrogen and oxygen atoms in total. The van der Waals surface area contributed by atoms with Gasteiger partial charge in [-0.2, -0.15) is 0 Å². The molecule has 2 aromatic rings. The van der Waals surface area contributed by atoms with Crippen molar-refractivity contribution in [3.05, 3.63) is 65.7 Å². The third kappa shape index (κ3) is 3.17. The van der Waals surface area contributed by atoms with Gasteiger partial charge < -0.3 is 15.6 Å². The lowest BCUT2D eigenvalue weighted by molar-refractivity contribution is -0.145. The van der Waals surface area contributed by atoms with Gasteiger partial charge in [0.1, 0.15) is 12.4 Å². The highest BCUT2D eigenvalue weighted by molar-refractivity contribution is 5.80. The Morgan fingerprint density at radius 3 is 2.48 bits per heavy atom. The molecule has 21 heavy (non-hydrogen) atoms. The molecule has 0 aliphatic carbocycles. The minimum Gasteiger partial charge on any atom is -0.487 e. The summed E-state index contributed by atoms with van der Waals surface area (Å²) in [5, 5.41) is 9.32. The number of ether oxygens (including phenoxy) is 1. The highest BCUT2D eigenvalue weighted by Crippen LogP contribution is 2.23. The third-order valence-electron chi connectivity index (χ3n) is 3.02. The molecule has 0 heterocycles. The summed E-state index contributed by atoms with van der Waals surface area (Å²) < 4.78 is 31.6. The van der Waals surface area contributed by atoms with Gasteiger partial charge in [0, 0.05) is 6.07 Å². The lowest BCUT2D eigenvalue weighted by atomic mass is 9.92. The van der Waals surface area contributed by atoms with Gasteiger partial charge in [0.15, 0.2) is 17.1 Å². The van der Waals surface area contributed by atoms with Crippen LogP contribution in [0.1, 0.15) is 5.56 Å². The maximum Gasteiger partial charge on any atom is 0.331 e. The van der Waals surface area contributed by atoms with E-state index in [2.05, 4.69) is 0 Å². The van der Waals surface area contributed by atoms with Crippen LogP contribution in [0.3, 0.4) is 0 Å². The first kappa shape index (κ1) is 14.9. The first-order chi connectivity index (χ1) is 9.93. The fraction of sp³-hybridized carbons (Fsp3) is 0.133. The molecule has 0 radical (unpaired) electrons. The first-order valence-electron chi connectivity index (χ1n) is 6.09. The van der Waals surface area contributed by atoms with Crippen molar-refractivity contribution >= 4 is 5.97 Å². The zero-order chi connectivity index (χ0) is 15.5. The van der Waals surface area contributed by atoms with Gasteiger partial charge in [-0.15, -0.1) is 0 Å². The number of benzene rings is 2. The van der Waals surface area contributed by atoms with E-state index in [4.69, 9.17) is 10.5 Å². The third-order valence-corrected chi connectivity index (χ3v) is 3.02. The Hall–Kier alpha value is -2.47. The number of carboxylic acid groups (broad SMARTS) is 1. The van der Waals surface area contributed by atoms with Crippen molar-refractivity contribution in [3.8, 4) is 5.75 Å². The predicted molar refractivity (Wildman–Crippen MR) is 71.8 cm³/mol. The van der Waals surface area contributed by atoms with Gasteiger partial charge in [-0.3, -0.25) is 0 Å². The van der Waals surface area contributed by atoms with Crippen molar-refractivity contribution in [3.63, 3.8) is 0 Å². The zero-order valence-electron chi connectivity index (χ0n) is 10.9. The molecule has 0 spiro atoms. The minimum atomic E-state index is -1.86. The molecule has 0 aromatic heterocycles. The molecule has 0 saturated carbocycles. The second-order valence-corrected chi connectivity index (χ2v) is 4.51. The van der Waals surface area contributed by atoms with Crippen LogP contribution in [-0.4, -0.2) is 17.7 Å². The average molecular weight is 293 g/mol. The molecule has 2 aromatic carbocycles. The Bertz CT molecular complexity index is 649. The van der Waals surface area contributed by atoms with Crippen molar-refractivity contribution < 1.29 is 23.4 Å². The fourth-order valence-corrected chi connectivity index (χ4v) is 1.78. The van der Waals surface area contributed by atoms with E-state index >= 15 is 0 Å². The number of rotatable bonds is 5. The Labute approximate surface area is 119 Å². The van der Waals surface area contributed by atoms with Crippen LogP contribution in [0, 0.1) is 11.6 Å². The molecule has 0 bridgehead atoms. The summed E-state index contributed by atoms with van der Waals surface area (Å²) in [6, 6.07) is 10.7. The monoisotopic (exact) mass is 293 g/mol. The SMILES string of the molecule is NC(COc1cc(F)ccc1F)(C(=O)O)c1ccccc1. The van der Waals surface area contributed by atoms with Gasteiger partial charge in [0.25, 0.3) is 0 Å². The number of aliphatic carboxylic acids is 1. The van der Waals surface area contributed by atoms with Gasteiger partial charge in [-0.05, 0) is 17.7 Å². The largest absolute Gasteiger partial charge is 0.487 e. The number of carbonyl (C=O) groups is 1. The molecule has 0 aliphatic heterocycles. The summed E-state index contributed by atoms with van der Waals surface area (Å²) >= 11 is 0. The Morgan fingerprint density at radius 2 is 1.86 bits per heavy atom. The summed E-state index contributed by atoms with van der Waals surface area (Å²) in [6.07, 6.45) is 0. The van der Waals surface area contributed by atoms with E-state index in [1.807, 2.05) is 0 Å². The number of nitrogens with two attached hydrogens (primary N) is 1. The van der Waals surface area contributed by atoms with Crippen LogP contribution in [0.15, 0.2) is 48.5 Å². The van der Waals surface area contributed by atoms with Crippen LogP contribution in [0.25, 0.3) is 0 Å². The minimum absolute atomic E-state index is 0.300. The smallest absolute Gasteiger partial charge is 0.331 e. The molecule has 0 saturated heterocycles. The standard InChI is InChI=1S/C15H13F2NO3/c16-11-6-7-12(17)13(8-11)21-9-15(18,14(19)20)10-4-2-1-3-5-10/h1-8H,9,18H2,(H,19,20). The van der Waals surface area contributed by atoms with Crippen molar-refractivity contribution in [2.75, 3.05) is 6.61 Å². The van der Waals surface area contributed by atoms with Crippen molar-refractivity contribution in [1.29, 1.82) is 0 Å². The maximum absolute atomic E-state index is 13.5. The summed E-state index contributed by atoms with van der Waals surface area (Å²) in [6.45, 7) is -0.535. The van der Waals surface area contributed by atoms with E-state index in [1.165, 1.54) is 12.1 Å². The zero-order valence-corrected chi connectivity index (χ0v) is 10.9. The molecule has 3 N–H and O–H groups in total. The molecular formula is C15H13F2NO3. The van der Waals surface area contributed by atoms with Gasteiger partial charge in [-0.1, -0.05) is 30.3 Å². The van der Waals surface area contributed by atoms with Crippen LogP contribution in [0.2, 0.25) is 0 Å². The molecule has 6 heteroatoms. The van der Waals surface area contributed by atoms with E-state index in [-0.39, 0.29) is 5.75 Å². The normalized spacial score (nSPS) is 13.5. The second-order valence-electron chi connectivity index (χ2n) is 4.51. The van der Waals surface area contributed by atoms with E-state index < -0.39 is 29.7 Å². The quantitative estimate of drug-likeness (QED) is 0.887. The van der Waals surface area contributed by atoms with E-state index in [0.717, 1.165) is 18.2 Å². The number of hydrogen-bond donors (Lipinski definition) is 2. The van der Waals surface area contributed by atoms with Crippen molar-refractivity contribution in [2.24, 2.45) is 5.73 Å². The van der Waals surface area contributed by atoms with E-state index in [9.17, 15) is 18.7 Å². The van der Waals surface area contributed by atoms with Crippen LogP contribution in [0.5, 0.6) is 5.75 Å². The maximum atomic E-state index is 13.5. The van der Waals surface area contributed by atoms with Crippen LogP contribution >= 0.6 is 0 Å². The Kier molecular flexibility index (Phi) is 4.18. The molecule has 2 rings (SSSR count). The molecule has 0 aliphatic rings. The summed E-state index contributed by atoms with van der Waals surface area (Å²) in [5.41, 5.74) is 4.30.